The Morgan fingerprint density at radius 2 is 2.11 bits per heavy atom. The number of amides is 1. The lowest BCUT2D eigenvalue weighted by Crippen LogP contribution is -2.49. The summed E-state index contributed by atoms with van der Waals surface area (Å²) in [5, 5.41) is 3.26. The van der Waals surface area contributed by atoms with Gasteiger partial charge in [0, 0.05) is 20.2 Å². The van der Waals surface area contributed by atoms with E-state index in [0.29, 0.717) is 12.5 Å². The molecule has 1 saturated carbocycles. The van der Waals surface area contributed by atoms with Crippen LogP contribution in [0.5, 0.6) is 0 Å². The maximum atomic E-state index is 12.0. The number of piperidine rings is 1. The second kappa shape index (κ2) is 7.31. The fraction of sp³-hybridized carbons (Fsp3) is 0.923. The van der Waals surface area contributed by atoms with Crippen molar-refractivity contribution in [3.63, 3.8) is 0 Å². The van der Waals surface area contributed by atoms with E-state index in [-0.39, 0.29) is 24.4 Å². The molecule has 18 heavy (non-hydrogen) atoms. The number of hydrogen-bond acceptors (Lipinski definition) is 3. The first-order valence-corrected chi connectivity index (χ1v) is 6.72. The molecule has 2 rings (SSSR count). The maximum absolute atomic E-state index is 12.0. The third-order valence-electron chi connectivity index (χ3n) is 3.95. The van der Waals surface area contributed by atoms with Gasteiger partial charge in [0.15, 0.2) is 0 Å². The smallest absolute Gasteiger partial charge is 0.236 e. The Balaban J connectivity index is 0.00000162. The van der Waals surface area contributed by atoms with Gasteiger partial charge in [0.25, 0.3) is 0 Å². The minimum absolute atomic E-state index is 0. The Bertz CT molecular complexity index is 272. The second-order valence-corrected chi connectivity index (χ2v) is 5.45. The van der Waals surface area contributed by atoms with Crippen LogP contribution in [0.15, 0.2) is 0 Å². The summed E-state index contributed by atoms with van der Waals surface area (Å²) in [6.07, 6.45) is 3.91. The zero-order valence-electron chi connectivity index (χ0n) is 11.4. The fourth-order valence-electron chi connectivity index (χ4n) is 2.38. The normalized spacial score (nSPS) is 27.8. The number of methoxy groups -OCH3 is 1. The van der Waals surface area contributed by atoms with Gasteiger partial charge in [-0.15, -0.1) is 12.4 Å². The molecule has 5 heteroatoms. The zero-order valence-corrected chi connectivity index (χ0v) is 12.2. The molecule has 0 bridgehead atoms. The maximum Gasteiger partial charge on any atom is 0.236 e. The number of carbonyl (C=O) groups is 1. The number of rotatable bonds is 5. The molecule has 0 spiro atoms. The number of hydrogen-bond donors (Lipinski definition) is 1. The van der Waals surface area contributed by atoms with E-state index in [9.17, 15) is 4.79 Å². The average Bonchev–Trinajstić information content (AvgIpc) is 3.13. The predicted octanol–water partition coefficient (Wildman–Crippen LogP) is 1.29. The molecule has 1 aliphatic carbocycles. The lowest BCUT2D eigenvalue weighted by Gasteiger charge is -2.36. The van der Waals surface area contributed by atoms with E-state index in [1.54, 1.807) is 7.11 Å². The summed E-state index contributed by atoms with van der Waals surface area (Å²) < 4.78 is 5.42. The first kappa shape index (κ1) is 15.7. The van der Waals surface area contributed by atoms with Crippen LogP contribution in [0.25, 0.3) is 0 Å². The van der Waals surface area contributed by atoms with Crippen LogP contribution >= 0.6 is 12.4 Å². The van der Waals surface area contributed by atoms with E-state index < -0.39 is 0 Å². The first-order valence-electron chi connectivity index (χ1n) is 6.72. The molecule has 2 atom stereocenters. The Hall–Kier alpha value is -0.320. The van der Waals surface area contributed by atoms with Crippen molar-refractivity contribution < 1.29 is 9.53 Å². The molecule has 2 unspecified atom stereocenters. The summed E-state index contributed by atoms with van der Waals surface area (Å²) in [4.78, 5) is 13.9. The van der Waals surface area contributed by atoms with Gasteiger partial charge < -0.3 is 15.0 Å². The van der Waals surface area contributed by atoms with E-state index >= 15 is 0 Å². The number of nitrogens with zero attached hydrogens (tertiary/aromatic N) is 1. The molecule has 0 aromatic heterocycles. The van der Waals surface area contributed by atoms with Gasteiger partial charge >= 0.3 is 0 Å². The van der Waals surface area contributed by atoms with Crippen molar-refractivity contribution in [1.82, 2.24) is 10.2 Å². The van der Waals surface area contributed by atoms with E-state index in [4.69, 9.17) is 4.74 Å². The van der Waals surface area contributed by atoms with E-state index in [2.05, 4.69) is 12.2 Å². The van der Waals surface area contributed by atoms with Crippen molar-refractivity contribution in [1.29, 1.82) is 0 Å². The van der Waals surface area contributed by atoms with Crippen LogP contribution in [0.4, 0.5) is 0 Å². The molecule has 4 nitrogen and oxygen atoms in total. The SMILES string of the molecule is COC1CN(C(=O)CNCC2CC2)CCC1C.Cl. The standard InChI is InChI=1S/C13H24N2O2.ClH/c1-10-5-6-15(9-12(10)17-2)13(16)8-14-7-11-3-4-11;/h10-12,14H,3-9H2,1-2H3;1H. The van der Waals surface area contributed by atoms with Crippen molar-refractivity contribution >= 4 is 18.3 Å². The Kier molecular flexibility index (Phi) is 6.39. The van der Waals surface area contributed by atoms with Gasteiger partial charge in [-0.25, -0.2) is 0 Å². The molecule has 0 radical (unpaired) electrons. The molecule has 1 saturated heterocycles. The summed E-state index contributed by atoms with van der Waals surface area (Å²) in [7, 11) is 1.74. The summed E-state index contributed by atoms with van der Waals surface area (Å²) in [6.45, 7) is 5.32. The average molecular weight is 277 g/mol. The van der Waals surface area contributed by atoms with Crippen molar-refractivity contribution in [3.8, 4) is 0 Å². The predicted molar refractivity (Wildman–Crippen MR) is 74.0 cm³/mol. The highest BCUT2D eigenvalue weighted by Crippen LogP contribution is 2.27. The fourth-order valence-corrected chi connectivity index (χ4v) is 2.38. The topological polar surface area (TPSA) is 41.6 Å². The molecule has 2 fully saturated rings. The van der Waals surface area contributed by atoms with Gasteiger partial charge in [0.2, 0.25) is 5.91 Å². The van der Waals surface area contributed by atoms with Crippen molar-refractivity contribution in [2.75, 3.05) is 33.3 Å². The van der Waals surface area contributed by atoms with Crippen LogP contribution in [0.2, 0.25) is 0 Å². The second-order valence-electron chi connectivity index (χ2n) is 5.45. The minimum atomic E-state index is 0. The van der Waals surface area contributed by atoms with Gasteiger partial charge in [-0.2, -0.15) is 0 Å². The Morgan fingerprint density at radius 3 is 2.72 bits per heavy atom. The Morgan fingerprint density at radius 1 is 1.39 bits per heavy atom. The monoisotopic (exact) mass is 276 g/mol. The van der Waals surface area contributed by atoms with E-state index in [0.717, 1.165) is 32.0 Å². The first-order chi connectivity index (χ1) is 8.20. The number of carbonyl (C=O) groups excluding carboxylic acids is 1. The summed E-state index contributed by atoms with van der Waals surface area (Å²) in [5.41, 5.74) is 0. The van der Waals surface area contributed by atoms with Crippen LogP contribution < -0.4 is 5.32 Å². The van der Waals surface area contributed by atoms with Crippen LogP contribution in [0.1, 0.15) is 26.2 Å². The molecule has 1 amide bonds. The lowest BCUT2D eigenvalue weighted by atomic mass is 9.96. The number of likely N-dealkylation sites (tertiary alicyclic amines) is 1. The highest BCUT2D eigenvalue weighted by molar-refractivity contribution is 5.85. The highest BCUT2D eigenvalue weighted by Gasteiger charge is 2.28. The molecular weight excluding hydrogens is 252 g/mol. The van der Waals surface area contributed by atoms with E-state index in [1.165, 1.54) is 12.8 Å². The van der Waals surface area contributed by atoms with Crippen LogP contribution in [0, 0.1) is 11.8 Å². The Labute approximate surface area is 116 Å². The molecule has 1 aliphatic heterocycles. The molecular formula is C13H25ClN2O2. The lowest BCUT2D eigenvalue weighted by molar-refractivity contribution is -0.135. The molecule has 0 aromatic carbocycles. The third-order valence-corrected chi connectivity index (χ3v) is 3.95. The number of nitrogens with one attached hydrogen (secondary N) is 1. The molecule has 106 valence electrons. The van der Waals surface area contributed by atoms with Crippen molar-refractivity contribution in [3.05, 3.63) is 0 Å². The van der Waals surface area contributed by atoms with Gasteiger partial charge in [-0.1, -0.05) is 6.92 Å². The zero-order chi connectivity index (χ0) is 12.3. The van der Waals surface area contributed by atoms with Gasteiger partial charge in [-0.3, -0.25) is 4.79 Å². The van der Waals surface area contributed by atoms with Gasteiger partial charge in [0.05, 0.1) is 12.6 Å². The van der Waals surface area contributed by atoms with Crippen molar-refractivity contribution in [2.24, 2.45) is 11.8 Å². The highest BCUT2D eigenvalue weighted by atomic mass is 35.5. The third kappa shape index (κ3) is 4.41. The summed E-state index contributed by atoms with van der Waals surface area (Å²) >= 11 is 0. The van der Waals surface area contributed by atoms with Crippen LogP contribution in [0.3, 0.4) is 0 Å². The molecule has 1 heterocycles. The summed E-state index contributed by atoms with van der Waals surface area (Å²) in [5.74, 6) is 1.61. The molecule has 0 aromatic rings. The van der Waals surface area contributed by atoms with Crippen LogP contribution in [-0.4, -0.2) is 50.2 Å². The van der Waals surface area contributed by atoms with Crippen LogP contribution in [-0.2, 0) is 9.53 Å². The number of halogens is 1. The summed E-state index contributed by atoms with van der Waals surface area (Å²) in [6, 6.07) is 0. The quantitative estimate of drug-likeness (QED) is 0.823. The van der Waals surface area contributed by atoms with Gasteiger partial charge in [-0.05, 0) is 37.6 Å². The molecule has 1 N–H and O–H groups in total. The number of ether oxygens (including phenoxy) is 1. The van der Waals surface area contributed by atoms with Crippen molar-refractivity contribution in [2.45, 2.75) is 32.3 Å². The largest absolute Gasteiger partial charge is 0.379 e. The van der Waals surface area contributed by atoms with Gasteiger partial charge in [0.1, 0.15) is 0 Å². The minimum Gasteiger partial charge on any atom is -0.379 e. The van der Waals surface area contributed by atoms with E-state index in [1.807, 2.05) is 4.90 Å². The molecule has 2 aliphatic rings.